The maximum atomic E-state index is 11.9. The maximum Gasteiger partial charge on any atom is 0.226 e. The Balaban J connectivity index is 2.27. The Morgan fingerprint density at radius 1 is 1.24 bits per heavy atom. The third kappa shape index (κ3) is 2.51. The first-order valence-corrected chi connectivity index (χ1v) is 6.50. The van der Waals surface area contributed by atoms with Crippen LogP contribution in [0.4, 0.5) is 5.69 Å². The first-order chi connectivity index (χ1) is 8.09. The molecule has 0 N–H and O–H groups in total. The van der Waals surface area contributed by atoms with E-state index in [1.165, 1.54) is 11.1 Å². The lowest BCUT2D eigenvalue weighted by atomic mass is 9.97. The number of amides is 1. The number of carbonyl (C=O) groups is 1. The van der Waals surface area contributed by atoms with Crippen LogP contribution >= 0.6 is 0 Å². The molecule has 17 heavy (non-hydrogen) atoms. The predicted octanol–water partition coefficient (Wildman–Crippen LogP) is 3.64. The first kappa shape index (κ1) is 12.2. The number of hydrogen-bond acceptors (Lipinski definition) is 1. The van der Waals surface area contributed by atoms with Gasteiger partial charge in [0.1, 0.15) is 0 Å². The van der Waals surface area contributed by atoms with Gasteiger partial charge in [-0.15, -0.1) is 0 Å². The molecule has 1 aromatic carbocycles. The molecule has 1 aliphatic rings. The smallest absolute Gasteiger partial charge is 0.226 e. The van der Waals surface area contributed by atoms with Crippen LogP contribution in [0.2, 0.25) is 0 Å². The van der Waals surface area contributed by atoms with Crippen molar-refractivity contribution in [3.05, 3.63) is 29.3 Å². The van der Waals surface area contributed by atoms with Crippen molar-refractivity contribution in [1.82, 2.24) is 0 Å². The highest BCUT2D eigenvalue weighted by Gasteiger charge is 2.20. The molecule has 0 saturated carbocycles. The average molecular weight is 231 g/mol. The van der Waals surface area contributed by atoms with Crippen LogP contribution in [0.1, 0.15) is 50.2 Å². The van der Waals surface area contributed by atoms with E-state index in [0.717, 1.165) is 25.1 Å². The van der Waals surface area contributed by atoms with Gasteiger partial charge in [-0.05, 0) is 48.9 Å². The second-order valence-electron chi connectivity index (χ2n) is 5.20. The van der Waals surface area contributed by atoms with Gasteiger partial charge in [-0.25, -0.2) is 0 Å². The molecule has 2 rings (SSSR count). The molecule has 1 amide bonds. The summed E-state index contributed by atoms with van der Waals surface area (Å²) in [7, 11) is 0. The Bertz CT molecular complexity index is 423. The van der Waals surface area contributed by atoms with Gasteiger partial charge in [0, 0.05) is 18.7 Å². The topological polar surface area (TPSA) is 20.3 Å². The second kappa shape index (κ2) is 4.91. The average Bonchev–Trinajstić information content (AvgIpc) is 2.29. The Labute approximate surface area is 104 Å². The van der Waals surface area contributed by atoms with Crippen LogP contribution in [0.25, 0.3) is 0 Å². The van der Waals surface area contributed by atoms with Gasteiger partial charge in [0.15, 0.2) is 0 Å². The van der Waals surface area contributed by atoms with Crippen molar-refractivity contribution < 1.29 is 4.79 Å². The number of rotatable bonds is 2. The third-order valence-corrected chi connectivity index (χ3v) is 3.51. The summed E-state index contributed by atoms with van der Waals surface area (Å²) in [5.74, 6) is 0.814. The van der Waals surface area contributed by atoms with Gasteiger partial charge in [0.2, 0.25) is 5.91 Å². The van der Waals surface area contributed by atoms with E-state index >= 15 is 0 Å². The van der Waals surface area contributed by atoms with Crippen LogP contribution in [0.5, 0.6) is 0 Å². The van der Waals surface area contributed by atoms with Gasteiger partial charge in [0.25, 0.3) is 0 Å². The minimum absolute atomic E-state index is 0.271. The number of piperidine rings is 1. The molecule has 2 nitrogen and oxygen atoms in total. The molecule has 0 spiro atoms. The van der Waals surface area contributed by atoms with Crippen LogP contribution in [0.3, 0.4) is 0 Å². The molecular weight excluding hydrogens is 210 g/mol. The van der Waals surface area contributed by atoms with Crippen molar-refractivity contribution in [2.75, 3.05) is 11.4 Å². The molecule has 0 aromatic heterocycles. The number of carbonyl (C=O) groups excluding carboxylic acids is 1. The molecule has 1 fully saturated rings. The zero-order valence-electron chi connectivity index (χ0n) is 11.0. The van der Waals surface area contributed by atoms with E-state index < -0.39 is 0 Å². The zero-order valence-corrected chi connectivity index (χ0v) is 11.0. The lowest BCUT2D eigenvalue weighted by Crippen LogP contribution is -2.35. The van der Waals surface area contributed by atoms with Gasteiger partial charge in [-0.3, -0.25) is 4.79 Å². The summed E-state index contributed by atoms with van der Waals surface area (Å²) >= 11 is 0. The number of aryl methyl sites for hydroxylation is 1. The summed E-state index contributed by atoms with van der Waals surface area (Å²) in [4.78, 5) is 13.8. The monoisotopic (exact) mass is 231 g/mol. The number of hydrogen-bond donors (Lipinski definition) is 0. The zero-order chi connectivity index (χ0) is 12.4. The van der Waals surface area contributed by atoms with Crippen molar-refractivity contribution in [2.24, 2.45) is 0 Å². The summed E-state index contributed by atoms with van der Waals surface area (Å²) in [6, 6.07) is 6.40. The molecular formula is C15H21NO. The number of nitrogens with zero attached hydrogens (tertiary/aromatic N) is 1. The van der Waals surface area contributed by atoms with Crippen LogP contribution in [0, 0.1) is 6.92 Å². The summed E-state index contributed by atoms with van der Waals surface area (Å²) in [5.41, 5.74) is 3.73. The number of anilines is 1. The molecule has 0 atom stereocenters. The molecule has 1 saturated heterocycles. The van der Waals surface area contributed by atoms with E-state index in [-0.39, 0.29) is 5.91 Å². The largest absolute Gasteiger partial charge is 0.312 e. The molecule has 2 heteroatoms. The Hall–Kier alpha value is -1.31. The molecule has 1 heterocycles. The third-order valence-electron chi connectivity index (χ3n) is 3.51. The maximum absolute atomic E-state index is 11.9. The van der Waals surface area contributed by atoms with Gasteiger partial charge < -0.3 is 4.90 Å². The fourth-order valence-corrected chi connectivity index (χ4v) is 2.55. The lowest BCUT2D eigenvalue weighted by Gasteiger charge is -2.27. The molecule has 92 valence electrons. The normalized spacial score (nSPS) is 16.7. The van der Waals surface area contributed by atoms with E-state index in [1.54, 1.807) is 0 Å². The molecule has 0 unspecified atom stereocenters. The molecule has 0 radical (unpaired) electrons. The van der Waals surface area contributed by atoms with Gasteiger partial charge in [0.05, 0.1) is 0 Å². The van der Waals surface area contributed by atoms with Crippen molar-refractivity contribution in [3.8, 4) is 0 Å². The standard InChI is InChI=1S/C15H21NO/c1-11(2)14-8-7-13(10-12(14)3)16-9-5-4-6-15(16)17/h7-8,10-11H,4-6,9H2,1-3H3. The van der Waals surface area contributed by atoms with E-state index in [4.69, 9.17) is 0 Å². The van der Waals surface area contributed by atoms with E-state index in [0.29, 0.717) is 12.3 Å². The van der Waals surface area contributed by atoms with Crippen LogP contribution < -0.4 is 4.90 Å². The van der Waals surface area contributed by atoms with Crippen molar-refractivity contribution >= 4 is 11.6 Å². The minimum Gasteiger partial charge on any atom is -0.312 e. The quantitative estimate of drug-likeness (QED) is 0.761. The van der Waals surface area contributed by atoms with Crippen molar-refractivity contribution in [1.29, 1.82) is 0 Å². The molecule has 1 aliphatic heterocycles. The summed E-state index contributed by atoms with van der Waals surface area (Å²) in [6.45, 7) is 7.41. The van der Waals surface area contributed by atoms with E-state index in [9.17, 15) is 4.79 Å². The molecule has 1 aromatic rings. The lowest BCUT2D eigenvalue weighted by molar-refractivity contribution is -0.119. The summed E-state index contributed by atoms with van der Waals surface area (Å²) in [6.07, 6.45) is 2.86. The Kier molecular flexibility index (Phi) is 3.51. The second-order valence-corrected chi connectivity index (χ2v) is 5.20. The van der Waals surface area contributed by atoms with Crippen molar-refractivity contribution in [3.63, 3.8) is 0 Å². The fourth-order valence-electron chi connectivity index (χ4n) is 2.55. The van der Waals surface area contributed by atoms with E-state index in [2.05, 4.69) is 39.0 Å². The molecule has 0 bridgehead atoms. The fraction of sp³-hybridized carbons (Fsp3) is 0.533. The predicted molar refractivity (Wildman–Crippen MR) is 71.5 cm³/mol. The highest BCUT2D eigenvalue weighted by atomic mass is 16.2. The summed E-state index contributed by atoms with van der Waals surface area (Å²) in [5, 5.41) is 0. The molecule has 0 aliphatic carbocycles. The first-order valence-electron chi connectivity index (χ1n) is 6.50. The van der Waals surface area contributed by atoms with Crippen LogP contribution in [-0.2, 0) is 4.79 Å². The highest BCUT2D eigenvalue weighted by Crippen LogP contribution is 2.26. The summed E-state index contributed by atoms with van der Waals surface area (Å²) < 4.78 is 0. The highest BCUT2D eigenvalue weighted by molar-refractivity contribution is 5.94. The van der Waals surface area contributed by atoms with Gasteiger partial charge in [-0.2, -0.15) is 0 Å². The van der Waals surface area contributed by atoms with Crippen LogP contribution in [0.15, 0.2) is 18.2 Å². The van der Waals surface area contributed by atoms with Gasteiger partial charge >= 0.3 is 0 Å². The number of benzene rings is 1. The van der Waals surface area contributed by atoms with E-state index in [1.807, 2.05) is 4.90 Å². The minimum atomic E-state index is 0.271. The SMILES string of the molecule is Cc1cc(N2CCCCC2=O)ccc1C(C)C. The Morgan fingerprint density at radius 3 is 2.59 bits per heavy atom. The Morgan fingerprint density at radius 2 is 2.00 bits per heavy atom. The van der Waals surface area contributed by atoms with Crippen molar-refractivity contribution in [2.45, 2.75) is 46.0 Å². The van der Waals surface area contributed by atoms with Crippen LogP contribution in [-0.4, -0.2) is 12.5 Å². The van der Waals surface area contributed by atoms with Gasteiger partial charge in [-0.1, -0.05) is 19.9 Å².